The van der Waals surface area contributed by atoms with Gasteiger partial charge in [-0.05, 0) is 25.0 Å². The van der Waals surface area contributed by atoms with Crippen molar-refractivity contribution >= 4 is 21.8 Å². The zero-order valence-corrected chi connectivity index (χ0v) is 10.1. The van der Waals surface area contributed by atoms with Crippen molar-refractivity contribution in [2.45, 2.75) is 12.8 Å². The Hall–Kier alpha value is -1.03. The maximum atomic E-state index is 7.38. The quantitative estimate of drug-likeness (QED) is 0.361. The Labute approximate surface area is 98.3 Å². The van der Waals surface area contributed by atoms with Crippen LogP contribution in [0.3, 0.4) is 0 Å². The number of ether oxygens (including phenoxy) is 1. The average molecular weight is 271 g/mol. The number of nitrogen functional groups attached to an aromatic ring is 1. The number of para-hydroxylation sites is 1. The fourth-order valence-electron chi connectivity index (χ4n) is 1.19. The predicted octanol–water partition coefficient (Wildman–Crippen LogP) is 2.52. The van der Waals surface area contributed by atoms with Crippen molar-refractivity contribution in [3.05, 3.63) is 29.8 Å². The molecule has 0 unspecified atom stereocenters. The molecule has 0 heterocycles. The fraction of sp³-hybridized carbons (Fsp3) is 0.364. The lowest BCUT2D eigenvalue weighted by molar-refractivity contribution is 0.309. The van der Waals surface area contributed by atoms with Crippen LogP contribution in [-0.2, 0) is 0 Å². The van der Waals surface area contributed by atoms with E-state index >= 15 is 0 Å². The topological polar surface area (TPSA) is 59.1 Å². The molecule has 0 amide bonds. The molecular weight excluding hydrogens is 256 g/mol. The highest BCUT2D eigenvalue weighted by Crippen LogP contribution is 2.17. The maximum absolute atomic E-state index is 7.38. The van der Waals surface area contributed by atoms with Gasteiger partial charge in [0.05, 0.1) is 12.2 Å². The molecule has 0 bridgehead atoms. The lowest BCUT2D eigenvalue weighted by atomic mass is 10.2. The van der Waals surface area contributed by atoms with E-state index < -0.39 is 0 Å². The molecule has 1 rings (SSSR count). The Balaban J connectivity index is 2.56. The zero-order valence-electron chi connectivity index (χ0n) is 8.50. The van der Waals surface area contributed by atoms with Gasteiger partial charge in [-0.3, -0.25) is 5.41 Å². The van der Waals surface area contributed by atoms with Crippen molar-refractivity contribution < 1.29 is 4.74 Å². The first-order valence-corrected chi connectivity index (χ1v) is 6.00. The van der Waals surface area contributed by atoms with Gasteiger partial charge in [-0.1, -0.05) is 28.1 Å². The monoisotopic (exact) mass is 270 g/mol. The zero-order chi connectivity index (χ0) is 11.1. The van der Waals surface area contributed by atoms with Crippen LogP contribution in [0, 0.1) is 5.41 Å². The number of hydrogen-bond acceptors (Lipinski definition) is 2. The molecule has 1 aromatic carbocycles. The van der Waals surface area contributed by atoms with E-state index in [9.17, 15) is 0 Å². The Kier molecular flexibility index (Phi) is 5.18. The van der Waals surface area contributed by atoms with Crippen LogP contribution in [-0.4, -0.2) is 17.8 Å². The molecule has 0 fully saturated rings. The molecule has 0 aliphatic rings. The van der Waals surface area contributed by atoms with Gasteiger partial charge < -0.3 is 10.5 Å². The molecule has 0 aliphatic carbocycles. The number of halogens is 1. The van der Waals surface area contributed by atoms with Crippen molar-refractivity contribution in [3.63, 3.8) is 0 Å². The van der Waals surface area contributed by atoms with Gasteiger partial charge in [-0.25, -0.2) is 0 Å². The largest absolute Gasteiger partial charge is 0.493 e. The number of nitrogens with two attached hydrogens (primary N) is 1. The molecule has 0 aliphatic heterocycles. The van der Waals surface area contributed by atoms with Crippen LogP contribution in [0.25, 0.3) is 0 Å². The number of unbranched alkanes of at least 4 members (excludes halogenated alkanes) is 1. The van der Waals surface area contributed by atoms with Crippen LogP contribution in [0.4, 0.5) is 0 Å². The summed E-state index contributed by atoms with van der Waals surface area (Å²) in [5, 5.41) is 8.37. The van der Waals surface area contributed by atoms with Crippen molar-refractivity contribution in [1.82, 2.24) is 0 Å². The summed E-state index contributed by atoms with van der Waals surface area (Å²) in [6.07, 6.45) is 2.08. The lowest BCUT2D eigenvalue weighted by Crippen LogP contribution is -2.13. The lowest BCUT2D eigenvalue weighted by Gasteiger charge is -2.09. The van der Waals surface area contributed by atoms with Gasteiger partial charge in [0.15, 0.2) is 0 Å². The highest BCUT2D eigenvalue weighted by Gasteiger charge is 2.04. The number of amidine groups is 1. The predicted molar refractivity (Wildman–Crippen MR) is 66.0 cm³/mol. The molecule has 0 radical (unpaired) electrons. The normalized spacial score (nSPS) is 9.93. The summed E-state index contributed by atoms with van der Waals surface area (Å²) in [5.41, 5.74) is 6.10. The number of nitrogens with one attached hydrogen (secondary N) is 1. The second-order valence-electron chi connectivity index (χ2n) is 3.15. The summed E-state index contributed by atoms with van der Waals surface area (Å²) < 4.78 is 5.56. The van der Waals surface area contributed by atoms with Gasteiger partial charge in [0, 0.05) is 5.33 Å². The minimum Gasteiger partial charge on any atom is -0.493 e. The van der Waals surface area contributed by atoms with Crippen LogP contribution < -0.4 is 10.5 Å². The van der Waals surface area contributed by atoms with Crippen LogP contribution in [0.5, 0.6) is 5.75 Å². The molecule has 0 saturated heterocycles. The van der Waals surface area contributed by atoms with Crippen LogP contribution in [0.1, 0.15) is 18.4 Å². The number of rotatable bonds is 6. The highest BCUT2D eigenvalue weighted by atomic mass is 79.9. The first kappa shape index (κ1) is 12.0. The van der Waals surface area contributed by atoms with Gasteiger partial charge in [0.1, 0.15) is 11.6 Å². The van der Waals surface area contributed by atoms with Crippen LogP contribution in [0.15, 0.2) is 24.3 Å². The summed E-state index contributed by atoms with van der Waals surface area (Å²) >= 11 is 3.36. The van der Waals surface area contributed by atoms with E-state index in [0.717, 1.165) is 18.2 Å². The van der Waals surface area contributed by atoms with E-state index in [1.54, 1.807) is 6.07 Å². The van der Waals surface area contributed by atoms with E-state index in [0.29, 0.717) is 17.9 Å². The highest BCUT2D eigenvalue weighted by molar-refractivity contribution is 9.09. The molecule has 82 valence electrons. The third kappa shape index (κ3) is 3.91. The van der Waals surface area contributed by atoms with Gasteiger partial charge in [0.25, 0.3) is 0 Å². The molecule has 15 heavy (non-hydrogen) atoms. The molecule has 3 nitrogen and oxygen atoms in total. The first-order valence-electron chi connectivity index (χ1n) is 4.88. The standard InChI is InChI=1S/C11H15BrN2O/c12-7-3-4-8-15-10-6-2-1-5-9(10)11(13)14/h1-2,5-6H,3-4,7-8H2,(H3,13,14). The second-order valence-corrected chi connectivity index (χ2v) is 3.95. The Bertz CT molecular complexity index is 328. The number of benzene rings is 1. The minimum absolute atomic E-state index is 0.0473. The van der Waals surface area contributed by atoms with Gasteiger partial charge in [0.2, 0.25) is 0 Å². The molecule has 1 aromatic rings. The fourth-order valence-corrected chi connectivity index (χ4v) is 1.59. The molecule has 0 aromatic heterocycles. The molecule has 0 spiro atoms. The number of hydrogen-bond donors (Lipinski definition) is 2. The molecule has 3 N–H and O–H groups in total. The third-order valence-corrected chi connectivity index (χ3v) is 2.52. The second kappa shape index (κ2) is 6.45. The van der Waals surface area contributed by atoms with Gasteiger partial charge in [-0.2, -0.15) is 0 Å². The summed E-state index contributed by atoms with van der Waals surface area (Å²) in [4.78, 5) is 0. The van der Waals surface area contributed by atoms with E-state index in [1.165, 1.54) is 0 Å². The first-order chi connectivity index (χ1) is 7.25. The summed E-state index contributed by atoms with van der Waals surface area (Å²) in [6.45, 7) is 0.663. The Morgan fingerprint density at radius 1 is 1.33 bits per heavy atom. The Morgan fingerprint density at radius 3 is 2.73 bits per heavy atom. The van der Waals surface area contributed by atoms with Crippen molar-refractivity contribution in [2.75, 3.05) is 11.9 Å². The maximum Gasteiger partial charge on any atom is 0.130 e. The van der Waals surface area contributed by atoms with Crippen LogP contribution in [0.2, 0.25) is 0 Å². The van der Waals surface area contributed by atoms with Gasteiger partial charge in [-0.15, -0.1) is 0 Å². The van der Waals surface area contributed by atoms with E-state index in [-0.39, 0.29) is 5.84 Å². The van der Waals surface area contributed by atoms with Crippen molar-refractivity contribution in [3.8, 4) is 5.75 Å². The average Bonchev–Trinajstić information content (AvgIpc) is 2.25. The number of alkyl halides is 1. The SMILES string of the molecule is N=C(N)c1ccccc1OCCCCBr. The van der Waals surface area contributed by atoms with E-state index in [1.807, 2.05) is 18.2 Å². The van der Waals surface area contributed by atoms with Crippen molar-refractivity contribution in [1.29, 1.82) is 5.41 Å². The summed E-state index contributed by atoms with van der Waals surface area (Å²) in [5.74, 6) is 0.741. The van der Waals surface area contributed by atoms with E-state index in [4.69, 9.17) is 15.9 Å². The smallest absolute Gasteiger partial charge is 0.130 e. The molecular formula is C11H15BrN2O. The third-order valence-electron chi connectivity index (χ3n) is 1.96. The minimum atomic E-state index is 0.0473. The Morgan fingerprint density at radius 2 is 2.07 bits per heavy atom. The van der Waals surface area contributed by atoms with Crippen molar-refractivity contribution in [2.24, 2.45) is 5.73 Å². The van der Waals surface area contributed by atoms with Gasteiger partial charge >= 0.3 is 0 Å². The summed E-state index contributed by atoms with van der Waals surface area (Å²) in [7, 11) is 0. The molecule has 0 saturated carbocycles. The summed E-state index contributed by atoms with van der Waals surface area (Å²) in [6, 6.07) is 7.36. The van der Waals surface area contributed by atoms with E-state index in [2.05, 4.69) is 15.9 Å². The molecule has 0 atom stereocenters. The molecule has 4 heteroatoms. The van der Waals surface area contributed by atoms with Crippen LogP contribution >= 0.6 is 15.9 Å².